The Morgan fingerprint density at radius 2 is 1.84 bits per heavy atom. The molecule has 0 aliphatic carbocycles. The van der Waals surface area contributed by atoms with Crippen LogP contribution in [0.2, 0.25) is 0 Å². The monoisotopic (exact) mass is 534 g/mol. The van der Waals surface area contributed by atoms with Crippen LogP contribution in [0, 0.1) is 30.1 Å². The van der Waals surface area contributed by atoms with E-state index >= 15 is 0 Å². The molecule has 1 aromatic carbocycles. The summed E-state index contributed by atoms with van der Waals surface area (Å²) in [7, 11) is 0. The smallest absolute Gasteiger partial charge is 0.270 e. The molecule has 6 nitrogen and oxygen atoms in total. The quantitative estimate of drug-likeness (QED) is 0.340. The molecule has 0 bridgehead atoms. The maximum atomic E-state index is 13.7. The molecule has 0 radical (unpaired) electrons. The number of aromatic nitrogens is 1. The zero-order chi connectivity index (χ0) is 26.9. The highest BCUT2D eigenvalue weighted by Gasteiger charge is 2.37. The zero-order valence-corrected chi connectivity index (χ0v) is 23.8. The summed E-state index contributed by atoms with van der Waals surface area (Å²) < 4.78 is 2.25. The van der Waals surface area contributed by atoms with Crippen molar-refractivity contribution >= 4 is 46.1 Å². The molecule has 8 heteroatoms. The molecule has 3 unspecified atom stereocenters. The summed E-state index contributed by atoms with van der Waals surface area (Å²) in [6.45, 7) is 12.4. The van der Waals surface area contributed by atoms with E-state index in [-0.39, 0.29) is 23.1 Å². The Balaban J connectivity index is 1.87. The van der Waals surface area contributed by atoms with E-state index in [0.29, 0.717) is 33.2 Å². The number of thioether (sulfide) groups is 1. The molecule has 4 rings (SSSR count). The number of carbonyl (C=O) groups is 1. The van der Waals surface area contributed by atoms with Gasteiger partial charge in [0, 0.05) is 25.2 Å². The van der Waals surface area contributed by atoms with Crippen molar-refractivity contribution in [3.05, 3.63) is 67.8 Å². The van der Waals surface area contributed by atoms with Crippen molar-refractivity contribution in [1.82, 2.24) is 9.47 Å². The zero-order valence-electron chi connectivity index (χ0n) is 22.2. The van der Waals surface area contributed by atoms with E-state index in [1.807, 2.05) is 57.2 Å². The molecule has 2 aliphatic rings. The van der Waals surface area contributed by atoms with Crippen LogP contribution >= 0.6 is 24.0 Å². The standard InChI is InChI=1S/C29H34N4O2S2/c1-6-12-32-26(31-16-18(2)13-19(3)17-31)23(20(4)24(15-30)27(32)34)14-25-28(35)33(29(36)37-25)21(5)22-10-8-7-9-11-22/h7-11,14,18-19,21H,6,12-13,16-17H2,1-5H3. The minimum absolute atomic E-state index is 0.134. The van der Waals surface area contributed by atoms with Crippen LogP contribution in [0.15, 0.2) is 40.0 Å². The van der Waals surface area contributed by atoms with Crippen molar-refractivity contribution in [3.63, 3.8) is 0 Å². The normalized spacial score (nSPS) is 22.0. The molecule has 37 heavy (non-hydrogen) atoms. The van der Waals surface area contributed by atoms with E-state index in [4.69, 9.17) is 12.2 Å². The van der Waals surface area contributed by atoms with Crippen LogP contribution in [0.3, 0.4) is 0 Å². The molecule has 3 atom stereocenters. The maximum Gasteiger partial charge on any atom is 0.270 e. The number of nitrogens with zero attached hydrogens (tertiary/aromatic N) is 4. The number of piperidine rings is 1. The Kier molecular flexibility index (Phi) is 8.25. The fourth-order valence-corrected chi connectivity index (χ4v) is 6.98. The number of carbonyl (C=O) groups excluding carboxylic acids is 1. The number of rotatable bonds is 6. The number of nitriles is 1. The van der Waals surface area contributed by atoms with Crippen LogP contribution < -0.4 is 10.5 Å². The van der Waals surface area contributed by atoms with Gasteiger partial charge in [0.25, 0.3) is 11.5 Å². The highest BCUT2D eigenvalue weighted by Crippen LogP contribution is 2.40. The Labute approximate surface area is 229 Å². The average Bonchev–Trinajstić information content (AvgIpc) is 3.14. The molecule has 1 aromatic heterocycles. The summed E-state index contributed by atoms with van der Waals surface area (Å²) in [5.41, 5.74) is 2.26. The van der Waals surface area contributed by atoms with E-state index in [9.17, 15) is 14.9 Å². The van der Waals surface area contributed by atoms with Crippen LogP contribution in [-0.2, 0) is 11.3 Å². The van der Waals surface area contributed by atoms with Crippen LogP contribution in [-0.4, -0.2) is 32.8 Å². The molecular formula is C29H34N4O2S2. The summed E-state index contributed by atoms with van der Waals surface area (Å²) >= 11 is 6.94. The first-order valence-corrected chi connectivity index (χ1v) is 14.1. The second-order valence-electron chi connectivity index (χ2n) is 10.3. The lowest BCUT2D eigenvalue weighted by Gasteiger charge is -2.39. The van der Waals surface area contributed by atoms with Crippen molar-refractivity contribution in [3.8, 4) is 6.07 Å². The van der Waals surface area contributed by atoms with E-state index < -0.39 is 0 Å². The van der Waals surface area contributed by atoms with Gasteiger partial charge in [0.1, 0.15) is 21.8 Å². The topological polar surface area (TPSA) is 69.3 Å². The van der Waals surface area contributed by atoms with Gasteiger partial charge in [-0.25, -0.2) is 0 Å². The minimum Gasteiger partial charge on any atom is -0.357 e. The van der Waals surface area contributed by atoms with Crippen molar-refractivity contribution in [1.29, 1.82) is 5.26 Å². The summed E-state index contributed by atoms with van der Waals surface area (Å²) in [5.74, 6) is 1.61. The van der Waals surface area contributed by atoms with Gasteiger partial charge in [-0.3, -0.25) is 19.1 Å². The number of amides is 1. The summed E-state index contributed by atoms with van der Waals surface area (Å²) in [4.78, 5) is 31.6. The van der Waals surface area contributed by atoms with Crippen LogP contribution in [0.5, 0.6) is 0 Å². The molecule has 0 N–H and O–H groups in total. The number of pyridine rings is 1. The first kappa shape index (κ1) is 27.2. The number of anilines is 1. The second kappa shape index (κ2) is 11.2. The van der Waals surface area contributed by atoms with E-state index in [0.717, 1.165) is 42.9 Å². The highest BCUT2D eigenvalue weighted by molar-refractivity contribution is 8.26. The molecule has 2 fully saturated rings. The van der Waals surface area contributed by atoms with Gasteiger partial charge in [-0.05, 0) is 55.7 Å². The molecule has 0 saturated carbocycles. The first-order chi connectivity index (χ1) is 17.7. The Morgan fingerprint density at radius 3 is 2.43 bits per heavy atom. The molecule has 2 aliphatic heterocycles. The van der Waals surface area contributed by atoms with Gasteiger partial charge >= 0.3 is 0 Å². The molecule has 0 spiro atoms. The van der Waals surface area contributed by atoms with Gasteiger partial charge < -0.3 is 4.90 Å². The molecular weight excluding hydrogens is 500 g/mol. The predicted octanol–water partition coefficient (Wildman–Crippen LogP) is 5.88. The third-order valence-corrected chi connectivity index (χ3v) is 8.56. The number of benzene rings is 1. The fraction of sp³-hybridized carbons (Fsp3) is 0.448. The Bertz CT molecular complexity index is 1330. The van der Waals surface area contributed by atoms with E-state index in [1.54, 1.807) is 9.47 Å². The molecule has 1 amide bonds. The summed E-state index contributed by atoms with van der Waals surface area (Å²) in [6, 6.07) is 11.8. The van der Waals surface area contributed by atoms with Crippen LogP contribution in [0.1, 0.15) is 68.8 Å². The SMILES string of the molecule is CCCn1c(N2CC(C)CC(C)C2)c(C=C2SC(=S)N(C(C)c3ccccc3)C2=O)c(C)c(C#N)c1=O. The van der Waals surface area contributed by atoms with Crippen molar-refractivity contribution in [2.75, 3.05) is 18.0 Å². The van der Waals surface area contributed by atoms with Crippen molar-refractivity contribution in [2.45, 2.75) is 60.0 Å². The van der Waals surface area contributed by atoms with Gasteiger partial charge in [-0.1, -0.05) is 75.1 Å². The van der Waals surface area contributed by atoms with E-state index in [2.05, 4.69) is 24.8 Å². The van der Waals surface area contributed by atoms with Gasteiger partial charge in [-0.15, -0.1) is 0 Å². The third-order valence-electron chi connectivity index (χ3n) is 7.23. The lowest BCUT2D eigenvalue weighted by Crippen LogP contribution is -2.43. The molecule has 2 aromatic rings. The van der Waals surface area contributed by atoms with Gasteiger partial charge in [0.05, 0.1) is 10.9 Å². The predicted molar refractivity (Wildman–Crippen MR) is 155 cm³/mol. The Morgan fingerprint density at radius 1 is 1.19 bits per heavy atom. The number of thiocarbonyl (C=S) groups is 1. The summed E-state index contributed by atoms with van der Waals surface area (Å²) in [5, 5.41) is 9.90. The number of hydrogen-bond donors (Lipinski definition) is 0. The first-order valence-electron chi connectivity index (χ1n) is 12.9. The third kappa shape index (κ3) is 5.25. The minimum atomic E-state index is -0.259. The molecule has 3 heterocycles. The van der Waals surface area contributed by atoms with Gasteiger partial charge in [0.15, 0.2) is 0 Å². The largest absolute Gasteiger partial charge is 0.357 e. The molecule has 194 valence electrons. The van der Waals surface area contributed by atoms with Gasteiger partial charge in [-0.2, -0.15) is 5.26 Å². The van der Waals surface area contributed by atoms with Crippen LogP contribution in [0.4, 0.5) is 5.82 Å². The van der Waals surface area contributed by atoms with Crippen molar-refractivity contribution < 1.29 is 4.79 Å². The summed E-state index contributed by atoms with van der Waals surface area (Å²) in [6.07, 6.45) is 3.75. The van der Waals surface area contributed by atoms with Crippen LogP contribution in [0.25, 0.3) is 6.08 Å². The van der Waals surface area contributed by atoms with E-state index in [1.165, 1.54) is 11.8 Å². The maximum absolute atomic E-state index is 13.7. The lowest BCUT2D eigenvalue weighted by molar-refractivity contribution is -0.123. The fourth-order valence-electron chi connectivity index (χ4n) is 5.58. The van der Waals surface area contributed by atoms with Crippen molar-refractivity contribution in [2.24, 2.45) is 11.8 Å². The van der Waals surface area contributed by atoms with Gasteiger partial charge in [0.2, 0.25) is 0 Å². The Hall–Kier alpha value is -2.89. The average molecular weight is 535 g/mol. The highest BCUT2D eigenvalue weighted by atomic mass is 32.2. The lowest BCUT2D eigenvalue weighted by atomic mass is 9.91. The second-order valence-corrected chi connectivity index (χ2v) is 12.0. The molecule has 2 saturated heterocycles. The number of hydrogen-bond acceptors (Lipinski definition) is 6.